The normalized spacial score (nSPS) is 15.5. The number of aliphatic carboxylic acids is 1. The summed E-state index contributed by atoms with van der Waals surface area (Å²) in [6, 6.07) is 10.6. The van der Waals surface area contributed by atoms with Crippen molar-refractivity contribution in [3.63, 3.8) is 0 Å². The van der Waals surface area contributed by atoms with Gasteiger partial charge in [0.25, 0.3) is 5.91 Å². The standard InChI is InChI=1S/C25H28Cl2N2O4S/c1-34-14-13-25(11-2-3-12-25)24(33)29-20(23(31)32)15-16-7-9-17(10-8-16)28-22(30)21-18(26)5-4-6-19(21)27/h4-10,20H,2-3,11-15H2,1H3,(H,28,30)(H,29,33)(H,31,32)/t20-/m0/s1. The van der Waals surface area contributed by atoms with E-state index in [2.05, 4.69) is 10.6 Å². The van der Waals surface area contributed by atoms with Crippen LogP contribution in [-0.4, -0.2) is 40.9 Å². The molecule has 0 aromatic heterocycles. The van der Waals surface area contributed by atoms with Crippen LogP contribution < -0.4 is 10.6 Å². The second kappa shape index (κ2) is 12.0. The average Bonchev–Trinajstić information content (AvgIpc) is 3.28. The van der Waals surface area contributed by atoms with Gasteiger partial charge in [0.2, 0.25) is 5.91 Å². The molecular weight excluding hydrogens is 495 g/mol. The zero-order valence-electron chi connectivity index (χ0n) is 18.9. The lowest BCUT2D eigenvalue weighted by Crippen LogP contribution is -2.49. The first kappa shape index (κ1) is 26.4. The summed E-state index contributed by atoms with van der Waals surface area (Å²) in [5.41, 5.74) is 0.963. The minimum absolute atomic E-state index is 0.143. The number of anilines is 1. The van der Waals surface area contributed by atoms with Gasteiger partial charge in [-0.15, -0.1) is 0 Å². The molecule has 3 N–H and O–H groups in total. The van der Waals surface area contributed by atoms with Crippen molar-refractivity contribution in [1.29, 1.82) is 0 Å². The fraction of sp³-hybridized carbons (Fsp3) is 0.400. The third-order valence-corrected chi connectivity index (χ3v) is 7.51. The molecule has 0 radical (unpaired) electrons. The summed E-state index contributed by atoms with van der Waals surface area (Å²) in [6.45, 7) is 0. The quantitative estimate of drug-likeness (QED) is 0.373. The largest absolute Gasteiger partial charge is 0.480 e. The zero-order chi connectivity index (χ0) is 24.7. The molecule has 182 valence electrons. The van der Waals surface area contributed by atoms with Crippen molar-refractivity contribution in [2.45, 2.75) is 44.6 Å². The molecule has 0 aliphatic heterocycles. The lowest BCUT2D eigenvalue weighted by molar-refractivity contribution is -0.144. The Morgan fingerprint density at radius 2 is 1.68 bits per heavy atom. The van der Waals surface area contributed by atoms with Gasteiger partial charge in [-0.1, -0.05) is 54.2 Å². The van der Waals surface area contributed by atoms with E-state index in [0.29, 0.717) is 5.69 Å². The summed E-state index contributed by atoms with van der Waals surface area (Å²) in [5, 5.41) is 15.8. The van der Waals surface area contributed by atoms with Crippen LogP contribution in [0.1, 0.15) is 48.0 Å². The van der Waals surface area contributed by atoms with Gasteiger partial charge < -0.3 is 15.7 Å². The van der Waals surface area contributed by atoms with E-state index in [1.807, 2.05) is 6.26 Å². The summed E-state index contributed by atoms with van der Waals surface area (Å²) in [7, 11) is 0. The molecule has 34 heavy (non-hydrogen) atoms. The zero-order valence-corrected chi connectivity index (χ0v) is 21.2. The number of rotatable bonds is 10. The highest BCUT2D eigenvalue weighted by Gasteiger charge is 2.41. The highest BCUT2D eigenvalue weighted by atomic mass is 35.5. The molecule has 1 aliphatic rings. The molecule has 0 unspecified atom stereocenters. The average molecular weight is 523 g/mol. The number of halogens is 2. The number of thioether (sulfide) groups is 1. The second-order valence-electron chi connectivity index (χ2n) is 8.55. The van der Waals surface area contributed by atoms with Crippen molar-refractivity contribution in [3.05, 3.63) is 63.6 Å². The highest BCUT2D eigenvalue weighted by molar-refractivity contribution is 7.98. The molecule has 0 spiro atoms. The number of benzene rings is 2. The Bertz CT molecular complexity index is 1020. The molecule has 6 nitrogen and oxygen atoms in total. The molecule has 3 rings (SSSR count). The van der Waals surface area contributed by atoms with Crippen LogP contribution in [0, 0.1) is 5.41 Å². The van der Waals surface area contributed by atoms with E-state index in [1.165, 1.54) is 0 Å². The number of carboxylic acids is 1. The highest BCUT2D eigenvalue weighted by Crippen LogP contribution is 2.42. The third kappa shape index (κ3) is 6.46. The number of amides is 2. The lowest BCUT2D eigenvalue weighted by atomic mass is 9.82. The van der Waals surface area contributed by atoms with E-state index >= 15 is 0 Å². The van der Waals surface area contributed by atoms with Crippen molar-refractivity contribution in [2.75, 3.05) is 17.3 Å². The van der Waals surface area contributed by atoms with Crippen LogP contribution in [-0.2, 0) is 16.0 Å². The van der Waals surface area contributed by atoms with Crippen LogP contribution in [0.4, 0.5) is 5.69 Å². The molecular formula is C25H28Cl2N2O4S. The fourth-order valence-corrected chi connectivity index (χ4v) is 5.48. The summed E-state index contributed by atoms with van der Waals surface area (Å²) in [5.74, 6) is -0.798. The molecule has 1 aliphatic carbocycles. The van der Waals surface area contributed by atoms with Crippen molar-refractivity contribution >= 4 is 58.4 Å². The Morgan fingerprint density at radius 1 is 1.06 bits per heavy atom. The van der Waals surface area contributed by atoms with Gasteiger partial charge in [0.1, 0.15) is 6.04 Å². The Balaban J connectivity index is 1.65. The Labute approximate surface area is 213 Å². The molecule has 1 atom stereocenters. The van der Waals surface area contributed by atoms with Gasteiger partial charge in [0.05, 0.1) is 15.6 Å². The number of hydrogen-bond acceptors (Lipinski definition) is 4. The number of carbonyl (C=O) groups excluding carboxylic acids is 2. The van der Waals surface area contributed by atoms with Gasteiger partial charge >= 0.3 is 5.97 Å². The van der Waals surface area contributed by atoms with Gasteiger partial charge in [0, 0.05) is 17.5 Å². The van der Waals surface area contributed by atoms with Crippen LogP contribution in [0.25, 0.3) is 0 Å². The first-order chi connectivity index (χ1) is 16.3. The van der Waals surface area contributed by atoms with Crippen LogP contribution >= 0.6 is 35.0 Å². The van der Waals surface area contributed by atoms with Gasteiger partial charge in [-0.2, -0.15) is 11.8 Å². The van der Waals surface area contributed by atoms with Crippen LogP contribution in [0.15, 0.2) is 42.5 Å². The predicted molar refractivity (Wildman–Crippen MR) is 138 cm³/mol. The van der Waals surface area contributed by atoms with E-state index in [1.54, 1.807) is 54.2 Å². The van der Waals surface area contributed by atoms with Crippen LogP contribution in [0.2, 0.25) is 10.0 Å². The van der Waals surface area contributed by atoms with E-state index in [-0.39, 0.29) is 27.9 Å². The number of nitrogens with one attached hydrogen (secondary N) is 2. The van der Waals surface area contributed by atoms with Gasteiger partial charge in [0.15, 0.2) is 0 Å². The Kier molecular flexibility index (Phi) is 9.28. The Hall–Kier alpha value is -2.22. The predicted octanol–water partition coefficient (Wildman–Crippen LogP) is 5.67. The first-order valence-corrected chi connectivity index (χ1v) is 13.3. The maximum atomic E-state index is 13.1. The summed E-state index contributed by atoms with van der Waals surface area (Å²) < 4.78 is 0. The summed E-state index contributed by atoms with van der Waals surface area (Å²) >= 11 is 13.9. The topological polar surface area (TPSA) is 95.5 Å². The molecule has 9 heteroatoms. The van der Waals surface area contributed by atoms with Gasteiger partial charge in [-0.25, -0.2) is 4.79 Å². The van der Waals surface area contributed by atoms with Crippen molar-refractivity contribution in [1.82, 2.24) is 5.32 Å². The molecule has 2 amide bonds. The van der Waals surface area contributed by atoms with Crippen molar-refractivity contribution in [2.24, 2.45) is 5.41 Å². The molecule has 1 saturated carbocycles. The second-order valence-corrected chi connectivity index (χ2v) is 10.3. The molecule has 0 heterocycles. The number of carbonyl (C=O) groups is 3. The monoisotopic (exact) mass is 522 g/mol. The van der Waals surface area contributed by atoms with E-state index in [0.717, 1.165) is 43.4 Å². The molecule has 0 bridgehead atoms. The molecule has 1 fully saturated rings. The minimum atomic E-state index is -1.07. The summed E-state index contributed by atoms with van der Waals surface area (Å²) in [6.07, 6.45) is 6.50. The fourth-order valence-electron chi connectivity index (χ4n) is 4.32. The van der Waals surface area contributed by atoms with Crippen LogP contribution in [0.5, 0.6) is 0 Å². The van der Waals surface area contributed by atoms with Gasteiger partial charge in [-0.3, -0.25) is 9.59 Å². The van der Waals surface area contributed by atoms with Gasteiger partial charge in [-0.05, 0) is 61.1 Å². The lowest BCUT2D eigenvalue weighted by Gasteiger charge is -2.29. The van der Waals surface area contributed by atoms with E-state index < -0.39 is 23.3 Å². The maximum Gasteiger partial charge on any atom is 0.326 e. The third-order valence-electron chi connectivity index (χ3n) is 6.27. The van der Waals surface area contributed by atoms with E-state index in [9.17, 15) is 19.5 Å². The maximum absolute atomic E-state index is 13.1. The van der Waals surface area contributed by atoms with Crippen molar-refractivity contribution in [3.8, 4) is 0 Å². The molecule has 2 aromatic rings. The van der Waals surface area contributed by atoms with Crippen molar-refractivity contribution < 1.29 is 19.5 Å². The van der Waals surface area contributed by atoms with Crippen LogP contribution in [0.3, 0.4) is 0 Å². The number of hydrogen-bond donors (Lipinski definition) is 3. The molecule has 2 aromatic carbocycles. The Morgan fingerprint density at radius 3 is 2.24 bits per heavy atom. The number of carboxylic acid groups (broad SMARTS) is 1. The minimum Gasteiger partial charge on any atom is -0.480 e. The summed E-state index contributed by atoms with van der Waals surface area (Å²) in [4.78, 5) is 37.5. The van der Waals surface area contributed by atoms with E-state index in [4.69, 9.17) is 23.2 Å². The smallest absolute Gasteiger partial charge is 0.326 e. The molecule has 0 saturated heterocycles. The first-order valence-electron chi connectivity index (χ1n) is 11.1. The SMILES string of the molecule is CSCCC1(C(=O)N[C@@H](Cc2ccc(NC(=O)c3c(Cl)cccc3Cl)cc2)C(=O)O)CCCC1.